The van der Waals surface area contributed by atoms with Crippen LogP contribution in [0.1, 0.15) is 22.8 Å². The molecule has 0 unspecified atom stereocenters. The molecule has 0 aliphatic heterocycles. The fourth-order valence-electron chi connectivity index (χ4n) is 1.74. The largest absolute Gasteiger partial charge is 0.288 e. The second-order valence-corrected chi connectivity index (χ2v) is 6.40. The number of carbonyl (C=O) groups is 1. The van der Waals surface area contributed by atoms with Crippen LogP contribution in [-0.4, -0.2) is 20.0 Å². The number of hydrogen-bond acceptors (Lipinski definition) is 3. The van der Waals surface area contributed by atoms with Crippen molar-refractivity contribution in [3.8, 4) is 0 Å². The highest BCUT2D eigenvalue weighted by Crippen LogP contribution is 2.16. The average Bonchev–Trinajstić information content (AvgIpc) is 2.47. The van der Waals surface area contributed by atoms with Crippen LogP contribution in [0.5, 0.6) is 0 Å². The molecule has 0 heterocycles. The van der Waals surface area contributed by atoms with Crippen LogP contribution in [0.3, 0.4) is 0 Å². The van der Waals surface area contributed by atoms with Crippen LogP contribution >= 0.6 is 0 Å². The van der Waals surface area contributed by atoms with Crippen molar-refractivity contribution in [2.45, 2.75) is 6.92 Å². The van der Waals surface area contributed by atoms with Gasteiger partial charge >= 0.3 is 0 Å². The maximum atomic E-state index is 13.6. The lowest BCUT2D eigenvalue weighted by Gasteiger charge is -2.07. The number of benzene rings is 2. The summed E-state index contributed by atoms with van der Waals surface area (Å²) in [7, 11) is -3.36. The topological polar surface area (TPSA) is 63.2 Å². The monoisotopic (exact) mass is 307 g/mol. The molecule has 0 fully saturated rings. The number of hydrogen-bond donors (Lipinski definition) is 1. The number of anilines is 1. The van der Waals surface area contributed by atoms with Crippen molar-refractivity contribution in [2.75, 3.05) is 10.5 Å². The van der Waals surface area contributed by atoms with Crippen molar-refractivity contribution in [1.82, 2.24) is 0 Å². The zero-order valence-corrected chi connectivity index (χ0v) is 12.2. The van der Waals surface area contributed by atoms with Crippen molar-refractivity contribution in [2.24, 2.45) is 0 Å². The summed E-state index contributed by atoms with van der Waals surface area (Å²) in [6.07, 6.45) is 0. The molecule has 0 atom stereocenters. The molecule has 0 bridgehead atoms. The number of ketones is 1. The lowest BCUT2D eigenvalue weighted by molar-refractivity contribution is 0.103. The Labute approximate surface area is 122 Å². The van der Waals surface area contributed by atoms with E-state index in [-0.39, 0.29) is 11.3 Å². The molecular formula is C15H14FNO3S. The number of halogens is 1. The van der Waals surface area contributed by atoms with Crippen LogP contribution in [0, 0.1) is 5.82 Å². The van der Waals surface area contributed by atoms with E-state index in [9.17, 15) is 17.6 Å². The molecule has 110 valence electrons. The predicted octanol–water partition coefficient (Wildman–Crippen LogP) is 2.82. The number of nitrogens with one attached hydrogen (secondary N) is 1. The van der Waals surface area contributed by atoms with Crippen LogP contribution < -0.4 is 4.72 Å². The molecular weight excluding hydrogens is 293 g/mol. The maximum Gasteiger partial charge on any atom is 0.232 e. The van der Waals surface area contributed by atoms with Gasteiger partial charge in [0.2, 0.25) is 10.0 Å². The van der Waals surface area contributed by atoms with E-state index in [4.69, 9.17) is 0 Å². The summed E-state index contributed by atoms with van der Waals surface area (Å²) in [6, 6.07) is 11.6. The van der Waals surface area contributed by atoms with Gasteiger partial charge in [0.05, 0.1) is 11.3 Å². The van der Waals surface area contributed by atoms with Crippen molar-refractivity contribution >= 4 is 21.5 Å². The molecule has 2 aromatic carbocycles. The van der Waals surface area contributed by atoms with Gasteiger partial charge in [0.25, 0.3) is 0 Å². The van der Waals surface area contributed by atoms with Crippen molar-refractivity contribution in [3.05, 3.63) is 65.5 Å². The van der Waals surface area contributed by atoms with E-state index in [2.05, 4.69) is 4.72 Å². The highest BCUT2D eigenvalue weighted by Gasteiger charge is 2.13. The average molecular weight is 307 g/mol. The molecule has 0 saturated heterocycles. The molecule has 2 aromatic rings. The molecule has 0 aliphatic carbocycles. The van der Waals surface area contributed by atoms with Crippen LogP contribution in [0.4, 0.5) is 10.1 Å². The summed E-state index contributed by atoms with van der Waals surface area (Å²) in [5.74, 6) is -1.07. The van der Waals surface area contributed by atoms with Crippen LogP contribution in [0.2, 0.25) is 0 Å². The fraction of sp³-hybridized carbons (Fsp3) is 0.133. The Morgan fingerprint density at radius 1 is 1.10 bits per heavy atom. The van der Waals surface area contributed by atoms with Crippen molar-refractivity contribution in [1.29, 1.82) is 0 Å². The zero-order valence-electron chi connectivity index (χ0n) is 11.3. The van der Waals surface area contributed by atoms with E-state index in [1.54, 1.807) is 6.07 Å². The summed E-state index contributed by atoms with van der Waals surface area (Å²) in [4.78, 5) is 12.1. The van der Waals surface area contributed by atoms with Crippen LogP contribution in [-0.2, 0) is 10.0 Å². The standard InChI is InChI=1S/C15H14FNO3S/c1-2-21(19,20)17-12-9-7-11(8-10-12)15(18)13-5-3-4-6-14(13)16/h3-10,17H,2H2,1H3. The fourth-order valence-corrected chi connectivity index (χ4v) is 2.38. The van der Waals surface area contributed by atoms with Gasteiger partial charge in [-0.05, 0) is 43.3 Å². The van der Waals surface area contributed by atoms with Crippen molar-refractivity contribution in [3.63, 3.8) is 0 Å². The molecule has 0 aliphatic rings. The van der Waals surface area contributed by atoms with Gasteiger partial charge in [0, 0.05) is 11.3 Å². The van der Waals surface area contributed by atoms with Gasteiger partial charge in [-0.2, -0.15) is 0 Å². The minimum Gasteiger partial charge on any atom is -0.288 e. The minimum atomic E-state index is -3.36. The minimum absolute atomic E-state index is 0.0145. The number of carbonyl (C=O) groups excluding carboxylic acids is 1. The Hall–Kier alpha value is -2.21. The molecule has 0 radical (unpaired) electrons. The number of rotatable bonds is 5. The summed E-state index contributed by atoms with van der Waals surface area (Å²) in [5, 5.41) is 0. The van der Waals surface area contributed by atoms with Gasteiger partial charge in [-0.3, -0.25) is 9.52 Å². The summed E-state index contributed by atoms with van der Waals surface area (Å²) < 4.78 is 38.8. The highest BCUT2D eigenvalue weighted by molar-refractivity contribution is 7.92. The lowest BCUT2D eigenvalue weighted by atomic mass is 10.0. The first-order valence-electron chi connectivity index (χ1n) is 6.33. The van der Waals surface area contributed by atoms with Crippen LogP contribution in [0.25, 0.3) is 0 Å². The Kier molecular flexibility index (Phi) is 4.37. The first kappa shape index (κ1) is 15.2. The quantitative estimate of drug-likeness (QED) is 0.864. The first-order chi connectivity index (χ1) is 9.93. The van der Waals surface area contributed by atoms with Gasteiger partial charge in [0.1, 0.15) is 5.82 Å². The number of sulfonamides is 1. The smallest absolute Gasteiger partial charge is 0.232 e. The maximum absolute atomic E-state index is 13.6. The Morgan fingerprint density at radius 3 is 2.29 bits per heavy atom. The molecule has 0 aromatic heterocycles. The molecule has 2 rings (SSSR count). The molecule has 21 heavy (non-hydrogen) atoms. The van der Waals surface area contributed by atoms with Gasteiger partial charge in [-0.1, -0.05) is 12.1 Å². The summed E-state index contributed by atoms with van der Waals surface area (Å²) in [6.45, 7) is 1.53. The van der Waals surface area contributed by atoms with Crippen LogP contribution in [0.15, 0.2) is 48.5 Å². The molecule has 0 saturated carbocycles. The summed E-state index contributed by atoms with van der Waals surface area (Å²) >= 11 is 0. The molecule has 4 nitrogen and oxygen atoms in total. The molecule has 0 spiro atoms. The normalized spacial score (nSPS) is 11.1. The third-order valence-corrected chi connectivity index (χ3v) is 4.23. The lowest BCUT2D eigenvalue weighted by Crippen LogP contribution is -2.14. The van der Waals surface area contributed by atoms with Gasteiger partial charge in [-0.25, -0.2) is 12.8 Å². The SMILES string of the molecule is CCS(=O)(=O)Nc1ccc(C(=O)c2ccccc2F)cc1. The molecule has 0 amide bonds. The van der Waals surface area contributed by atoms with Gasteiger partial charge < -0.3 is 0 Å². The van der Waals surface area contributed by atoms with Crippen molar-refractivity contribution < 1.29 is 17.6 Å². The van der Waals surface area contributed by atoms with E-state index >= 15 is 0 Å². The summed E-state index contributed by atoms with van der Waals surface area (Å²) in [5.41, 5.74) is 0.640. The molecule has 1 N–H and O–H groups in total. The van der Waals surface area contributed by atoms with E-state index in [0.29, 0.717) is 11.3 Å². The predicted molar refractivity (Wildman–Crippen MR) is 79.4 cm³/mol. The van der Waals surface area contributed by atoms with E-state index < -0.39 is 21.6 Å². The van der Waals surface area contributed by atoms with E-state index in [1.165, 1.54) is 49.4 Å². The second-order valence-electron chi connectivity index (χ2n) is 4.39. The first-order valence-corrected chi connectivity index (χ1v) is 7.98. The highest BCUT2D eigenvalue weighted by atomic mass is 32.2. The second kappa shape index (κ2) is 6.05. The zero-order chi connectivity index (χ0) is 15.5. The Bertz CT molecular complexity index is 755. The molecule has 6 heteroatoms. The van der Waals surface area contributed by atoms with Gasteiger partial charge in [-0.15, -0.1) is 0 Å². The third-order valence-electron chi connectivity index (χ3n) is 2.92. The van der Waals surface area contributed by atoms with E-state index in [0.717, 1.165) is 0 Å². The van der Waals surface area contributed by atoms with E-state index in [1.807, 2.05) is 0 Å². The Balaban J connectivity index is 2.24. The Morgan fingerprint density at radius 2 is 1.71 bits per heavy atom. The third kappa shape index (κ3) is 3.66. The van der Waals surface area contributed by atoms with Gasteiger partial charge in [0.15, 0.2) is 5.78 Å².